The number of halogens is 5. The maximum absolute atomic E-state index is 12.6. The fraction of sp³-hybridized carbons (Fsp3) is 1.00. The molecule has 0 aromatic rings. The first-order valence-corrected chi connectivity index (χ1v) is 4.76. The summed E-state index contributed by atoms with van der Waals surface area (Å²) in [5.41, 5.74) is 0. The minimum absolute atomic E-state index is 0.0481. The van der Waals surface area contributed by atoms with E-state index >= 15 is 0 Å². The average molecular weight is 281 g/mol. The van der Waals surface area contributed by atoms with Crippen molar-refractivity contribution in [1.82, 2.24) is 0 Å². The molecule has 0 spiro atoms. The highest BCUT2D eigenvalue weighted by molar-refractivity contribution is 9.10. The van der Waals surface area contributed by atoms with E-state index in [-0.39, 0.29) is 12.7 Å². The van der Waals surface area contributed by atoms with Crippen LogP contribution in [0.4, 0.5) is 17.6 Å². The lowest BCUT2D eigenvalue weighted by Crippen LogP contribution is -2.36. The van der Waals surface area contributed by atoms with Crippen molar-refractivity contribution < 1.29 is 27.0 Å². The van der Waals surface area contributed by atoms with Gasteiger partial charge in [0.15, 0.2) is 0 Å². The molecule has 0 N–H and O–H groups in total. The number of hydrogen-bond donors (Lipinski definition) is 0. The van der Waals surface area contributed by atoms with E-state index in [1.807, 2.05) is 0 Å². The number of rotatable bonds is 6. The Morgan fingerprint density at radius 2 is 1.93 bits per heavy atom. The van der Waals surface area contributed by atoms with Crippen LogP contribution in [0.5, 0.6) is 0 Å². The Morgan fingerprint density at radius 1 is 1.36 bits per heavy atom. The lowest BCUT2D eigenvalue weighted by Gasteiger charge is -2.20. The second-order valence-electron chi connectivity index (χ2n) is 2.98. The zero-order chi connectivity index (χ0) is 10.8. The van der Waals surface area contributed by atoms with Crippen molar-refractivity contribution in [3.05, 3.63) is 0 Å². The molecule has 0 radical (unpaired) electrons. The normalized spacial score (nSPS) is 22.5. The van der Waals surface area contributed by atoms with Gasteiger partial charge < -0.3 is 9.47 Å². The van der Waals surface area contributed by atoms with Gasteiger partial charge in [-0.1, -0.05) is 0 Å². The van der Waals surface area contributed by atoms with Gasteiger partial charge >= 0.3 is 10.8 Å². The monoisotopic (exact) mass is 280 g/mol. The molecule has 1 heterocycles. The average Bonchev–Trinajstić information content (AvgIpc) is 2.79. The number of ether oxygens (including phenoxy) is 2. The molecule has 1 aliphatic heterocycles. The van der Waals surface area contributed by atoms with E-state index in [4.69, 9.17) is 9.47 Å². The highest BCUT2D eigenvalue weighted by atomic mass is 79.9. The van der Waals surface area contributed by atoms with Crippen LogP contribution < -0.4 is 0 Å². The van der Waals surface area contributed by atoms with Gasteiger partial charge in [0.25, 0.3) is 0 Å². The van der Waals surface area contributed by atoms with E-state index in [1.54, 1.807) is 15.9 Å². The van der Waals surface area contributed by atoms with Gasteiger partial charge in [0, 0.05) is 6.42 Å². The van der Waals surface area contributed by atoms with Gasteiger partial charge in [0.1, 0.15) is 6.10 Å². The molecule has 1 unspecified atom stereocenters. The van der Waals surface area contributed by atoms with E-state index in [2.05, 4.69) is 0 Å². The highest BCUT2D eigenvalue weighted by Gasteiger charge is 2.53. The van der Waals surface area contributed by atoms with Crippen LogP contribution in [-0.2, 0) is 9.47 Å². The molecule has 0 aromatic carbocycles. The fourth-order valence-corrected chi connectivity index (χ4v) is 0.919. The van der Waals surface area contributed by atoms with Crippen LogP contribution >= 0.6 is 15.9 Å². The van der Waals surface area contributed by atoms with Crippen LogP contribution in [0.2, 0.25) is 0 Å². The predicted octanol–water partition coefficient (Wildman–Crippen LogP) is 2.41. The van der Waals surface area contributed by atoms with Crippen LogP contribution in [0.1, 0.15) is 6.42 Å². The lowest BCUT2D eigenvalue weighted by molar-refractivity contribution is -0.158. The summed E-state index contributed by atoms with van der Waals surface area (Å²) in [7, 11) is 0. The molecule has 1 atom stereocenters. The zero-order valence-corrected chi connectivity index (χ0v) is 8.70. The smallest absolute Gasteiger partial charge is 0.363 e. The number of alkyl halides is 5. The molecule has 0 amide bonds. The van der Waals surface area contributed by atoms with Crippen molar-refractivity contribution in [1.29, 1.82) is 0 Å². The van der Waals surface area contributed by atoms with E-state index in [1.165, 1.54) is 0 Å². The molecule has 2 nitrogen and oxygen atoms in total. The Morgan fingerprint density at radius 3 is 2.36 bits per heavy atom. The first-order valence-electron chi connectivity index (χ1n) is 3.97. The van der Waals surface area contributed by atoms with Crippen LogP contribution in [-0.4, -0.2) is 36.7 Å². The summed E-state index contributed by atoms with van der Waals surface area (Å²) in [5.74, 6) is -4.09. The van der Waals surface area contributed by atoms with Gasteiger partial charge in [-0.3, -0.25) is 0 Å². The summed E-state index contributed by atoms with van der Waals surface area (Å²) in [6, 6.07) is 0. The van der Waals surface area contributed by atoms with Gasteiger partial charge in [-0.2, -0.15) is 17.6 Å². The van der Waals surface area contributed by atoms with E-state index in [0.29, 0.717) is 6.61 Å². The summed E-state index contributed by atoms with van der Waals surface area (Å²) in [5, 5.41) is 0. The SMILES string of the molecule is FC(F)(Br)C(F)(F)CCOCC1CO1. The predicted molar refractivity (Wildman–Crippen MR) is 44.0 cm³/mol. The summed E-state index contributed by atoms with van der Waals surface area (Å²) < 4.78 is 59.0. The van der Waals surface area contributed by atoms with Crippen molar-refractivity contribution in [2.45, 2.75) is 23.3 Å². The molecule has 1 rings (SSSR count). The molecule has 0 aromatic heterocycles. The van der Waals surface area contributed by atoms with Gasteiger partial charge in [-0.05, 0) is 15.9 Å². The van der Waals surface area contributed by atoms with Crippen molar-refractivity contribution in [2.24, 2.45) is 0 Å². The lowest BCUT2D eigenvalue weighted by atomic mass is 10.2. The molecule has 1 aliphatic rings. The third-order valence-electron chi connectivity index (χ3n) is 1.68. The Labute approximate surface area is 86.7 Å². The topological polar surface area (TPSA) is 21.8 Å². The molecule has 0 saturated carbocycles. The molecule has 1 fully saturated rings. The maximum atomic E-state index is 12.6. The second-order valence-corrected chi connectivity index (χ2v) is 3.98. The molecule has 84 valence electrons. The Kier molecular flexibility index (Phi) is 3.76. The Hall–Kier alpha value is 0.120. The van der Waals surface area contributed by atoms with E-state index in [0.717, 1.165) is 0 Å². The van der Waals surface area contributed by atoms with Crippen molar-refractivity contribution in [2.75, 3.05) is 19.8 Å². The van der Waals surface area contributed by atoms with Gasteiger partial charge in [0.2, 0.25) is 0 Å². The molecule has 1 saturated heterocycles. The summed E-state index contributed by atoms with van der Waals surface area (Å²) >= 11 is 1.63. The van der Waals surface area contributed by atoms with Crippen molar-refractivity contribution >= 4 is 15.9 Å². The summed E-state index contributed by atoms with van der Waals surface area (Å²) in [6.07, 6.45) is -1.06. The molecule has 0 aliphatic carbocycles. The summed E-state index contributed by atoms with van der Waals surface area (Å²) in [4.78, 5) is -4.18. The minimum Gasteiger partial charge on any atom is -0.378 e. The fourth-order valence-electron chi connectivity index (χ4n) is 0.721. The third kappa shape index (κ3) is 3.70. The van der Waals surface area contributed by atoms with E-state index < -0.39 is 23.8 Å². The summed E-state index contributed by atoms with van der Waals surface area (Å²) in [6.45, 7) is 0.322. The first-order chi connectivity index (χ1) is 6.33. The zero-order valence-electron chi connectivity index (χ0n) is 7.11. The van der Waals surface area contributed by atoms with Crippen molar-refractivity contribution in [3.8, 4) is 0 Å². The Balaban J connectivity index is 2.14. The minimum atomic E-state index is -4.18. The van der Waals surface area contributed by atoms with Gasteiger partial charge in [-0.15, -0.1) is 0 Å². The van der Waals surface area contributed by atoms with E-state index in [9.17, 15) is 17.6 Å². The molecular formula is C7H9BrF4O2. The van der Waals surface area contributed by atoms with Crippen molar-refractivity contribution in [3.63, 3.8) is 0 Å². The largest absolute Gasteiger partial charge is 0.378 e. The quantitative estimate of drug-likeness (QED) is 0.323. The van der Waals surface area contributed by atoms with Crippen LogP contribution in [0.3, 0.4) is 0 Å². The molecule has 0 bridgehead atoms. The van der Waals surface area contributed by atoms with Crippen LogP contribution in [0, 0.1) is 0 Å². The second kappa shape index (κ2) is 4.32. The number of hydrogen-bond acceptors (Lipinski definition) is 2. The molecule has 7 heteroatoms. The number of epoxide rings is 1. The van der Waals surface area contributed by atoms with Crippen LogP contribution in [0.25, 0.3) is 0 Å². The third-order valence-corrected chi connectivity index (χ3v) is 2.26. The molecule has 14 heavy (non-hydrogen) atoms. The standard InChI is InChI=1S/C7H9BrF4O2/c8-7(11,12)6(9,10)1-2-13-3-5-4-14-5/h5H,1-4H2. The molecular weight excluding hydrogens is 272 g/mol. The first kappa shape index (κ1) is 12.2. The van der Waals surface area contributed by atoms with Gasteiger partial charge in [-0.25, -0.2) is 0 Å². The maximum Gasteiger partial charge on any atom is 0.363 e. The van der Waals surface area contributed by atoms with Gasteiger partial charge in [0.05, 0.1) is 19.8 Å². The highest BCUT2D eigenvalue weighted by Crippen LogP contribution is 2.41. The van der Waals surface area contributed by atoms with Crippen LogP contribution in [0.15, 0.2) is 0 Å². The Bertz CT molecular complexity index is 191.